The molecule has 0 amide bonds. The zero-order valence-corrected chi connectivity index (χ0v) is 8.97. The fourth-order valence-electron chi connectivity index (χ4n) is 1.17. The molecule has 1 aromatic carbocycles. The Morgan fingerprint density at radius 2 is 2.20 bits per heavy atom. The maximum absolute atomic E-state index is 11.0. The lowest BCUT2D eigenvalue weighted by Gasteiger charge is -1.93. The summed E-state index contributed by atoms with van der Waals surface area (Å²) in [6.07, 6.45) is 0.688. The summed E-state index contributed by atoms with van der Waals surface area (Å²) < 4.78 is 5.82. The lowest BCUT2D eigenvalue weighted by Crippen LogP contribution is -2.35. The van der Waals surface area contributed by atoms with Gasteiger partial charge in [-0.2, -0.15) is 0 Å². The molecule has 0 spiro atoms. The number of halogens is 1. The van der Waals surface area contributed by atoms with Crippen molar-refractivity contribution >= 4 is 22.2 Å². The molecule has 0 N–H and O–H groups in total. The molecule has 0 aliphatic rings. The summed E-state index contributed by atoms with van der Waals surface area (Å²) >= 11 is 3.03. The molecule has 0 saturated carbocycles. The molecule has 6 heteroatoms. The Labute approximate surface area is 93.0 Å². The number of hydrogen-bond donors (Lipinski definition) is 0. The first kappa shape index (κ1) is 9.85. The zero-order chi connectivity index (χ0) is 10.8. The average Bonchev–Trinajstić information content (AvgIpc) is 2.60. The highest BCUT2D eigenvalue weighted by molar-refractivity contribution is 9.10. The van der Waals surface area contributed by atoms with Gasteiger partial charge in [0.1, 0.15) is 0 Å². The van der Waals surface area contributed by atoms with Crippen molar-refractivity contribution in [3.05, 3.63) is 34.4 Å². The molecule has 2 rings (SSSR count). The lowest BCUT2D eigenvalue weighted by molar-refractivity contribution is -0.680. The van der Waals surface area contributed by atoms with Crippen LogP contribution in [0.25, 0.3) is 5.69 Å². The number of para-hydroxylation sites is 1. The van der Waals surface area contributed by atoms with Crippen LogP contribution >= 0.6 is 15.9 Å². The van der Waals surface area contributed by atoms with Crippen molar-refractivity contribution in [2.45, 2.75) is 0 Å². The fraction of sp³-hybridized carbons (Fsp3) is 0. The maximum Gasteiger partial charge on any atom is 0.305 e. The Morgan fingerprint density at radius 3 is 2.80 bits per heavy atom. The van der Waals surface area contributed by atoms with Gasteiger partial charge in [-0.1, -0.05) is 12.1 Å². The zero-order valence-electron chi connectivity index (χ0n) is 7.38. The summed E-state index contributed by atoms with van der Waals surface area (Å²) in [6.45, 7) is 0. The van der Waals surface area contributed by atoms with Crippen molar-refractivity contribution in [2.24, 2.45) is 0 Å². The molecule has 0 bridgehead atoms. The van der Waals surface area contributed by atoms with E-state index in [-0.39, 0.29) is 4.60 Å². The second kappa shape index (κ2) is 3.82. The molecular weight excluding hydrogens is 264 g/mol. The van der Waals surface area contributed by atoms with E-state index in [1.807, 2.05) is 0 Å². The molecule has 15 heavy (non-hydrogen) atoms. The number of aldehydes is 1. The van der Waals surface area contributed by atoms with Gasteiger partial charge in [0.05, 0.1) is 10.8 Å². The topological polar surface area (TPSA) is 70.0 Å². The van der Waals surface area contributed by atoms with E-state index in [0.717, 1.165) is 0 Å². The van der Waals surface area contributed by atoms with Crippen LogP contribution in [0.4, 0.5) is 0 Å². The minimum Gasteiger partial charge on any atom is -0.538 e. The number of nitrogens with zero attached hydrogens (tertiary/aromatic N) is 2. The van der Waals surface area contributed by atoms with Gasteiger partial charge in [0.25, 0.3) is 5.69 Å². The first-order valence-electron chi connectivity index (χ1n) is 4.03. The van der Waals surface area contributed by atoms with Gasteiger partial charge in [0.2, 0.25) is 0 Å². The Kier molecular flexibility index (Phi) is 2.51. The van der Waals surface area contributed by atoms with E-state index in [1.54, 1.807) is 24.3 Å². The van der Waals surface area contributed by atoms with Crippen molar-refractivity contribution in [3.63, 3.8) is 0 Å². The molecule has 76 valence electrons. The number of rotatable bonds is 2. The summed E-state index contributed by atoms with van der Waals surface area (Å²) in [7, 11) is 0. The summed E-state index contributed by atoms with van der Waals surface area (Å²) in [5.41, 5.74) is 0.918. The van der Waals surface area contributed by atoms with Crippen LogP contribution in [0.15, 0.2) is 33.4 Å². The van der Waals surface area contributed by atoms with Gasteiger partial charge in [0.15, 0.2) is 12.2 Å². The molecule has 0 unspecified atom stereocenters. The third kappa shape index (κ3) is 1.63. The van der Waals surface area contributed by atoms with Crippen LogP contribution in [0.3, 0.4) is 0 Å². The van der Waals surface area contributed by atoms with Gasteiger partial charge in [-0.05, 0) is 10.7 Å². The fourth-order valence-corrected chi connectivity index (χ4v) is 1.50. The Balaban J connectivity index is 2.63. The smallest absolute Gasteiger partial charge is 0.305 e. The summed E-state index contributed by atoms with van der Waals surface area (Å²) in [5, 5.41) is 14.5. The normalized spacial score (nSPS) is 10.2. The van der Waals surface area contributed by atoms with Crippen LogP contribution in [0, 0.1) is 0 Å². The van der Waals surface area contributed by atoms with Crippen molar-refractivity contribution < 1.29 is 19.1 Å². The number of carbonyl (C=O) groups is 1. The van der Waals surface area contributed by atoms with Crippen LogP contribution < -0.4 is 9.79 Å². The van der Waals surface area contributed by atoms with E-state index in [1.165, 1.54) is 4.68 Å². The molecule has 0 aliphatic heterocycles. The molecule has 0 fully saturated rings. The molecule has 2 aromatic rings. The number of aromatic nitrogens is 2. The first-order chi connectivity index (χ1) is 7.24. The van der Waals surface area contributed by atoms with E-state index >= 15 is 0 Å². The summed E-state index contributed by atoms with van der Waals surface area (Å²) in [4.78, 5) is 10.8. The lowest BCUT2D eigenvalue weighted by atomic mass is 10.2. The monoisotopic (exact) mass is 268 g/mol. The molecular formula is C9H5BrN2O3. The standard InChI is InChI=1S/C9H5BrN2O3/c10-8-9(14)15-11-12(8)7-4-2-1-3-6(7)5-13/h1-5H. The summed E-state index contributed by atoms with van der Waals surface area (Å²) in [5.74, 6) is -0.587. The van der Waals surface area contributed by atoms with Gasteiger partial charge >= 0.3 is 4.60 Å². The van der Waals surface area contributed by atoms with Crippen molar-refractivity contribution in [2.75, 3.05) is 0 Å². The van der Waals surface area contributed by atoms with Gasteiger partial charge in [-0.25, -0.2) is 0 Å². The van der Waals surface area contributed by atoms with Crippen molar-refractivity contribution in [3.8, 4) is 11.6 Å². The van der Waals surface area contributed by atoms with Crippen LogP contribution in [0.1, 0.15) is 10.4 Å². The van der Waals surface area contributed by atoms with Gasteiger partial charge in [0, 0.05) is 22.0 Å². The van der Waals surface area contributed by atoms with E-state index in [4.69, 9.17) is 0 Å². The van der Waals surface area contributed by atoms with Gasteiger partial charge < -0.3 is 9.63 Å². The average molecular weight is 269 g/mol. The minimum atomic E-state index is -0.587. The molecule has 5 nitrogen and oxygen atoms in total. The first-order valence-corrected chi connectivity index (χ1v) is 4.82. The van der Waals surface area contributed by atoms with Crippen LogP contribution in [0.5, 0.6) is 5.95 Å². The number of carbonyl (C=O) groups excluding carboxylic acids is 1. The molecule has 0 saturated heterocycles. The molecule has 0 aliphatic carbocycles. The van der Waals surface area contributed by atoms with E-state index in [9.17, 15) is 9.90 Å². The molecule has 0 atom stereocenters. The van der Waals surface area contributed by atoms with Crippen LogP contribution in [-0.4, -0.2) is 11.6 Å². The number of benzene rings is 1. The highest BCUT2D eigenvalue weighted by Crippen LogP contribution is 2.17. The van der Waals surface area contributed by atoms with Crippen molar-refractivity contribution in [1.29, 1.82) is 0 Å². The van der Waals surface area contributed by atoms with Crippen molar-refractivity contribution in [1.82, 2.24) is 5.27 Å². The Hall–Kier alpha value is -1.69. The predicted molar refractivity (Wildman–Crippen MR) is 50.6 cm³/mol. The predicted octanol–water partition coefficient (Wildman–Crippen LogP) is 0.600. The molecule has 1 aromatic heterocycles. The highest BCUT2D eigenvalue weighted by Gasteiger charge is 2.20. The van der Waals surface area contributed by atoms with Crippen LogP contribution in [-0.2, 0) is 0 Å². The SMILES string of the molecule is O=Cc1ccccc1-[n+]1noc([O-])c1Br. The van der Waals surface area contributed by atoms with E-state index in [0.29, 0.717) is 17.5 Å². The Bertz CT molecular complexity index is 510. The number of hydrogen-bond acceptors (Lipinski definition) is 4. The third-order valence-electron chi connectivity index (χ3n) is 1.85. The second-order valence-corrected chi connectivity index (χ2v) is 3.49. The van der Waals surface area contributed by atoms with Crippen LogP contribution in [0.2, 0.25) is 0 Å². The van der Waals surface area contributed by atoms with Gasteiger partial charge in [-0.3, -0.25) is 4.79 Å². The Morgan fingerprint density at radius 1 is 1.47 bits per heavy atom. The largest absolute Gasteiger partial charge is 0.538 e. The van der Waals surface area contributed by atoms with E-state index < -0.39 is 5.95 Å². The molecule has 1 heterocycles. The van der Waals surface area contributed by atoms with Gasteiger partial charge in [-0.15, -0.1) is 0 Å². The third-order valence-corrected chi connectivity index (χ3v) is 2.51. The quantitative estimate of drug-likeness (QED) is 0.591. The second-order valence-electron chi connectivity index (χ2n) is 2.74. The summed E-state index contributed by atoms with van der Waals surface area (Å²) in [6, 6.07) is 6.75. The maximum atomic E-state index is 11.0. The molecule has 0 radical (unpaired) electrons. The minimum absolute atomic E-state index is 0.150. The van der Waals surface area contributed by atoms with E-state index in [2.05, 4.69) is 25.7 Å². The highest BCUT2D eigenvalue weighted by atomic mass is 79.9.